The number of aromatic nitrogens is 7. The molecule has 0 aliphatic carbocycles. The summed E-state index contributed by atoms with van der Waals surface area (Å²) in [4.78, 5) is 33.4. The number of aryl methyl sites for hydroxylation is 2. The summed E-state index contributed by atoms with van der Waals surface area (Å²) in [5, 5.41) is 9.87. The number of nitrogens with one attached hydrogen (secondary N) is 2. The number of rotatable bonds is 6. The van der Waals surface area contributed by atoms with E-state index in [0.717, 1.165) is 11.4 Å². The van der Waals surface area contributed by atoms with Crippen LogP contribution in [-0.2, 0) is 13.6 Å². The van der Waals surface area contributed by atoms with Crippen molar-refractivity contribution in [2.24, 2.45) is 7.05 Å². The molecule has 146 valence electrons. The predicted octanol–water partition coefficient (Wildman–Crippen LogP) is 1.64. The van der Waals surface area contributed by atoms with Gasteiger partial charge in [0.2, 0.25) is 5.95 Å². The van der Waals surface area contributed by atoms with E-state index in [4.69, 9.17) is 4.42 Å². The van der Waals surface area contributed by atoms with E-state index >= 15 is 0 Å². The minimum Gasteiger partial charge on any atom is -0.440 e. The van der Waals surface area contributed by atoms with Crippen molar-refractivity contribution in [3.05, 3.63) is 60.5 Å². The number of amides is 1. The number of hydrogen-bond donors (Lipinski definition) is 2. The lowest BCUT2D eigenvalue weighted by Gasteiger charge is -2.07. The monoisotopic (exact) mass is 391 g/mol. The maximum Gasteiger partial charge on any atom is 0.307 e. The van der Waals surface area contributed by atoms with Crippen LogP contribution in [0.25, 0.3) is 11.4 Å². The second kappa shape index (κ2) is 7.84. The molecule has 0 spiro atoms. The molecule has 0 fully saturated rings. The molecule has 4 aromatic heterocycles. The molecule has 0 aliphatic rings. The Kier molecular flexibility index (Phi) is 4.93. The Morgan fingerprint density at radius 2 is 2.07 bits per heavy atom. The molecule has 0 aliphatic heterocycles. The van der Waals surface area contributed by atoms with Crippen LogP contribution < -0.4 is 10.6 Å². The van der Waals surface area contributed by atoms with Crippen LogP contribution in [-0.4, -0.2) is 40.6 Å². The zero-order chi connectivity index (χ0) is 20.2. The Hall–Kier alpha value is -4.15. The molecule has 11 heteroatoms. The van der Waals surface area contributed by atoms with E-state index in [0.29, 0.717) is 23.0 Å². The first-order valence-electron chi connectivity index (χ1n) is 8.68. The number of oxazole rings is 1. The fourth-order valence-electron chi connectivity index (χ4n) is 2.53. The summed E-state index contributed by atoms with van der Waals surface area (Å²) in [5.74, 6) is 0.597. The molecule has 4 rings (SSSR count). The maximum absolute atomic E-state index is 12.3. The normalized spacial score (nSPS) is 10.7. The molecule has 4 heterocycles. The molecule has 4 aromatic rings. The van der Waals surface area contributed by atoms with Crippen LogP contribution in [0.4, 0.5) is 11.8 Å². The standard InChI is InChI=1S/C18H17N9O2/c1-11-7-22-18(25-14-3-4-23-27(14)2)26-15(11)13-10-29-17(24-13)16(28)21-9-12-8-19-5-6-20-12/h3-8,10H,9H2,1-2H3,(H,21,28)(H,22,25,26). The van der Waals surface area contributed by atoms with Crippen LogP contribution in [0.3, 0.4) is 0 Å². The quantitative estimate of drug-likeness (QED) is 0.502. The highest BCUT2D eigenvalue weighted by atomic mass is 16.4. The van der Waals surface area contributed by atoms with E-state index in [1.54, 1.807) is 48.8 Å². The summed E-state index contributed by atoms with van der Waals surface area (Å²) >= 11 is 0. The summed E-state index contributed by atoms with van der Waals surface area (Å²) in [6.45, 7) is 2.07. The average molecular weight is 391 g/mol. The molecule has 0 bridgehead atoms. The van der Waals surface area contributed by atoms with Crippen molar-refractivity contribution >= 4 is 17.7 Å². The van der Waals surface area contributed by atoms with Gasteiger partial charge in [-0.25, -0.2) is 15.0 Å². The zero-order valence-electron chi connectivity index (χ0n) is 15.7. The van der Waals surface area contributed by atoms with Crippen LogP contribution in [0, 0.1) is 6.92 Å². The van der Waals surface area contributed by atoms with Gasteiger partial charge < -0.3 is 15.1 Å². The van der Waals surface area contributed by atoms with Crippen LogP contribution in [0.1, 0.15) is 21.9 Å². The van der Waals surface area contributed by atoms with Gasteiger partial charge in [-0.2, -0.15) is 5.10 Å². The second-order valence-electron chi connectivity index (χ2n) is 6.11. The lowest BCUT2D eigenvalue weighted by molar-refractivity contribution is 0.0915. The van der Waals surface area contributed by atoms with Gasteiger partial charge in [0.25, 0.3) is 5.89 Å². The fourth-order valence-corrected chi connectivity index (χ4v) is 2.53. The van der Waals surface area contributed by atoms with Crippen molar-refractivity contribution in [3.8, 4) is 11.4 Å². The molecule has 0 saturated carbocycles. The second-order valence-corrected chi connectivity index (χ2v) is 6.11. The first-order chi connectivity index (χ1) is 14.1. The minimum absolute atomic E-state index is 0.0666. The van der Waals surface area contributed by atoms with Crippen LogP contribution in [0.15, 0.2) is 47.7 Å². The fraction of sp³-hybridized carbons (Fsp3) is 0.167. The van der Waals surface area contributed by atoms with E-state index < -0.39 is 5.91 Å². The molecule has 0 unspecified atom stereocenters. The summed E-state index contributed by atoms with van der Waals surface area (Å²) < 4.78 is 7.00. The smallest absolute Gasteiger partial charge is 0.307 e. The third-order valence-corrected chi connectivity index (χ3v) is 4.02. The van der Waals surface area contributed by atoms with Gasteiger partial charge in [0.15, 0.2) is 0 Å². The van der Waals surface area contributed by atoms with Gasteiger partial charge in [-0.1, -0.05) is 0 Å². The molecule has 0 saturated heterocycles. The highest BCUT2D eigenvalue weighted by Crippen LogP contribution is 2.22. The van der Waals surface area contributed by atoms with Crippen molar-refractivity contribution in [1.82, 2.24) is 40.0 Å². The Morgan fingerprint density at radius 3 is 2.83 bits per heavy atom. The zero-order valence-corrected chi connectivity index (χ0v) is 15.7. The largest absolute Gasteiger partial charge is 0.440 e. The number of carbonyl (C=O) groups is 1. The first kappa shape index (κ1) is 18.2. The Bertz CT molecular complexity index is 1140. The first-order valence-corrected chi connectivity index (χ1v) is 8.68. The molecule has 0 atom stereocenters. The molecule has 29 heavy (non-hydrogen) atoms. The topological polar surface area (TPSA) is 137 Å². The number of nitrogens with zero attached hydrogens (tertiary/aromatic N) is 7. The SMILES string of the molecule is Cc1cnc(Nc2ccnn2C)nc1-c1coc(C(=O)NCc2cnccn2)n1. The van der Waals surface area contributed by atoms with Crippen molar-refractivity contribution in [2.45, 2.75) is 13.5 Å². The van der Waals surface area contributed by atoms with Gasteiger partial charge in [-0.15, -0.1) is 0 Å². The van der Waals surface area contributed by atoms with Crippen molar-refractivity contribution in [3.63, 3.8) is 0 Å². The summed E-state index contributed by atoms with van der Waals surface area (Å²) in [5.41, 5.74) is 2.41. The van der Waals surface area contributed by atoms with Gasteiger partial charge in [-0.3, -0.25) is 19.4 Å². The molecule has 0 radical (unpaired) electrons. The maximum atomic E-state index is 12.3. The van der Waals surface area contributed by atoms with Crippen LogP contribution in [0.5, 0.6) is 0 Å². The van der Waals surface area contributed by atoms with Crippen molar-refractivity contribution in [2.75, 3.05) is 5.32 Å². The van der Waals surface area contributed by atoms with Gasteiger partial charge in [-0.05, 0) is 12.5 Å². The van der Waals surface area contributed by atoms with Crippen LogP contribution in [0.2, 0.25) is 0 Å². The highest BCUT2D eigenvalue weighted by Gasteiger charge is 2.17. The Balaban J connectivity index is 1.50. The van der Waals surface area contributed by atoms with E-state index in [9.17, 15) is 4.79 Å². The lowest BCUT2D eigenvalue weighted by atomic mass is 10.2. The van der Waals surface area contributed by atoms with E-state index in [1.807, 2.05) is 6.92 Å². The summed E-state index contributed by atoms with van der Waals surface area (Å²) in [6.07, 6.45) is 9.42. The van der Waals surface area contributed by atoms with Gasteiger partial charge in [0.1, 0.15) is 23.5 Å². The van der Waals surface area contributed by atoms with E-state index in [-0.39, 0.29) is 12.4 Å². The number of anilines is 2. The minimum atomic E-state index is -0.457. The summed E-state index contributed by atoms with van der Waals surface area (Å²) in [6, 6.07) is 1.80. The van der Waals surface area contributed by atoms with Crippen molar-refractivity contribution < 1.29 is 9.21 Å². The van der Waals surface area contributed by atoms with Gasteiger partial charge in [0, 0.05) is 31.7 Å². The van der Waals surface area contributed by atoms with Gasteiger partial charge >= 0.3 is 5.91 Å². The number of hydrogen-bond acceptors (Lipinski definition) is 9. The molecule has 11 nitrogen and oxygen atoms in total. The van der Waals surface area contributed by atoms with Gasteiger partial charge in [0.05, 0.1) is 24.6 Å². The third-order valence-electron chi connectivity index (χ3n) is 4.02. The molecular formula is C18H17N9O2. The van der Waals surface area contributed by atoms with Crippen molar-refractivity contribution in [1.29, 1.82) is 0 Å². The predicted molar refractivity (Wildman–Crippen MR) is 102 cm³/mol. The lowest BCUT2D eigenvalue weighted by Crippen LogP contribution is -2.23. The molecule has 0 aromatic carbocycles. The van der Waals surface area contributed by atoms with E-state index in [1.165, 1.54) is 6.26 Å². The Labute approximate surface area is 165 Å². The Morgan fingerprint density at radius 1 is 1.17 bits per heavy atom. The molecule has 2 N–H and O–H groups in total. The van der Waals surface area contributed by atoms with E-state index in [2.05, 4.69) is 40.7 Å². The average Bonchev–Trinajstić information content (AvgIpc) is 3.38. The number of carbonyl (C=O) groups excluding carboxylic acids is 1. The molecule has 1 amide bonds. The summed E-state index contributed by atoms with van der Waals surface area (Å²) in [7, 11) is 1.81. The van der Waals surface area contributed by atoms with Crippen LogP contribution >= 0.6 is 0 Å². The highest BCUT2D eigenvalue weighted by molar-refractivity contribution is 5.90. The molecular weight excluding hydrogens is 374 g/mol. The third kappa shape index (κ3) is 4.08.